The third-order valence-corrected chi connectivity index (χ3v) is 4.21. The first-order chi connectivity index (χ1) is 7.18. The van der Waals surface area contributed by atoms with Crippen molar-refractivity contribution in [2.24, 2.45) is 0 Å². The van der Waals surface area contributed by atoms with Crippen LogP contribution in [0.4, 0.5) is 0 Å². The fraction of sp³-hybridized carbons (Fsp3) is 0.333. The highest BCUT2D eigenvalue weighted by Gasteiger charge is 2.14. The zero-order valence-electron chi connectivity index (χ0n) is 8.52. The Labute approximate surface area is 90.6 Å². The lowest BCUT2D eigenvalue weighted by molar-refractivity contribution is 0.604. The Bertz CT molecular complexity index is 450. The van der Waals surface area contributed by atoms with Gasteiger partial charge in [-0.15, -0.1) is 0 Å². The van der Waals surface area contributed by atoms with Crippen LogP contribution >= 0.6 is 0 Å². The lowest BCUT2D eigenvalue weighted by atomic mass is 10.3. The van der Waals surface area contributed by atoms with Crippen LogP contribution in [0.3, 0.4) is 0 Å². The van der Waals surface area contributed by atoms with Gasteiger partial charge in [-0.25, -0.2) is 8.42 Å². The van der Waals surface area contributed by atoms with E-state index in [0.29, 0.717) is 4.90 Å². The first-order valence-corrected chi connectivity index (χ1v) is 6.73. The molecule has 1 aliphatic rings. The Morgan fingerprint density at radius 1 is 1.00 bits per heavy atom. The maximum absolute atomic E-state index is 11.9. The van der Waals surface area contributed by atoms with E-state index < -0.39 is 9.84 Å². The molecule has 0 bridgehead atoms. The summed E-state index contributed by atoms with van der Waals surface area (Å²) in [6.07, 6.45) is 4.12. The highest BCUT2D eigenvalue weighted by Crippen LogP contribution is 2.26. The van der Waals surface area contributed by atoms with Gasteiger partial charge in [-0.05, 0) is 37.8 Å². The Kier molecular flexibility index (Phi) is 2.91. The van der Waals surface area contributed by atoms with Crippen molar-refractivity contribution in [2.45, 2.75) is 30.6 Å². The molecule has 0 aromatic heterocycles. The minimum Gasteiger partial charge on any atom is -0.219 e. The van der Waals surface area contributed by atoms with Gasteiger partial charge in [0.25, 0.3) is 0 Å². The zero-order chi connectivity index (χ0) is 10.7. The van der Waals surface area contributed by atoms with Crippen molar-refractivity contribution in [3.8, 4) is 0 Å². The molecule has 1 saturated carbocycles. The van der Waals surface area contributed by atoms with Gasteiger partial charge < -0.3 is 0 Å². The predicted octanol–water partition coefficient (Wildman–Crippen LogP) is 2.92. The molecule has 15 heavy (non-hydrogen) atoms. The second-order valence-corrected chi connectivity index (χ2v) is 5.64. The van der Waals surface area contributed by atoms with E-state index in [1.54, 1.807) is 24.3 Å². The van der Waals surface area contributed by atoms with E-state index in [2.05, 4.69) is 0 Å². The zero-order valence-corrected chi connectivity index (χ0v) is 9.33. The van der Waals surface area contributed by atoms with Crippen molar-refractivity contribution >= 4 is 9.84 Å². The molecule has 2 rings (SSSR count). The number of rotatable bonds is 2. The Hall–Kier alpha value is -1.09. The van der Waals surface area contributed by atoms with Crippen LogP contribution in [0.5, 0.6) is 0 Å². The quantitative estimate of drug-likeness (QED) is 0.771. The standard InChI is InChI=1S/C12H14O2S/c13-15(14,10-11-6-4-5-7-11)12-8-2-1-3-9-12/h1-3,8-10H,4-7H2. The molecule has 1 fully saturated rings. The second kappa shape index (κ2) is 4.19. The molecule has 1 aromatic carbocycles. The van der Waals surface area contributed by atoms with Crippen molar-refractivity contribution in [2.75, 3.05) is 0 Å². The minimum absolute atomic E-state index is 0.393. The van der Waals surface area contributed by atoms with Crippen molar-refractivity contribution in [3.63, 3.8) is 0 Å². The molecule has 80 valence electrons. The summed E-state index contributed by atoms with van der Waals surface area (Å²) in [5, 5.41) is 1.45. The lowest BCUT2D eigenvalue weighted by Gasteiger charge is -2.00. The Balaban J connectivity index is 2.32. The van der Waals surface area contributed by atoms with Crippen LogP contribution in [0.1, 0.15) is 25.7 Å². The number of benzene rings is 1. The number of hydrogen-bond donors (Lipinski definition) is 0. The van der Waals surface area contributed by atoms with Gasteiger partial charge in [0.15, 0.2) is 9.84 Å². The molecule has 0 radical (unpaired) electrons. The summed E-state index contributed by atoms with van der Waals surface area (Å²) in [4.78, 5) is 0.393. The summed E-state index contributed by atoms with van der Waals surface area (Å²) in [5.74, 6) is 0. The summed E-state index contributed by atoms with van der Waals surface area (Å²) >= 11 is 0. The molecule has 0 spiro atoms. The second-order valence-electron chi connectivity index (χ2n) is 3.84. The van der Waals surface area contributed by atoms with Crippen LogP contribution in [-0.2, 0) is 9.84 Å². The predicted molar refractivity (Wildman–Crippen MR) is 60.2 cm³/mol. The van der Waals surface area contributed by atoms with Crippen molar-refractivity contribution in [1.82, 2.24) is 0 Å². The van der Waals surface area contributed by atoms with Gasteiger partial charge in [0, 0.05) is 5.41 Å². The summed E-state index contributed by atoms with van der Waals surface area (Å²) in [5.41, 5.74) is 1.07. The molecule has 0 amide bonds. The van der Waals surface area contributed by atoms with Gasteiger partial charge in [0.05, 0.1) is 4.90 Å². The van der Waals surface area contributed by atoms with E-state index in [4.69, 9.17) is 0 Å². The monoisotopic (exact) mass is 222 g/mol. The van der Waals surface area contributed by atoms with E-state index in [9.17, 15) is 8.42 Å². The smallest absolute Gasteiger partial charge is 0.199 e. The summed E-state index contributed by atoms with van der Waals surface area (Å²) < 4.78 is 23.8. The third kappa shape index (κ3) is 2.48. The minimum atomic E-state index is -3.21. The lowest BCUT2D eigenvalue weighted by Crippen LogP contribution is -1.96. The maximum atomic E-state index is 11.9. The SMILES string of the molecule is O=S(=O)(C=C1CCCC1)c1ccccc1. The summed E-state index contributed by atoms with van der Waals surface area (Å²) in [7, 11) is -3.21. The van der Waals surface area contributed by atoms with Crippen molar-refractivity contribution in [3.05, 3.63) is 41.3 Å². The van der Waals surface area contributed by atoms with Crippen molar-refractivity contribution in [1.29, 1.82) is 0 Å². The van der Waals surface area contributed by atoms with Gasteiger partial charge in [-0.3, -0.25) is 0 Å². The number of hydrogen-bond acceptors (Lipinski definition) is 2. The first-order valence-electron chi connectivity index (χ1n) is 5.18. The van der Waals surface area contributed by atoms with Gasteiger partial charge in [0.2, 0.25) is 0 Å². The van der Waals surface area contributed by atoms with Crippen LogP contribution in [0, 0.1) is 0 Å². The Morgan fingerprint density at radius 2 is 1.60 bits per heavy atom. The van der Waals surface area contributed by atoms with Crippen molar-refractivity contribution < 1.29 is 8.42 Å². The van der Waals surface area contributed by atoms with E-state index in [1.807, 2.05) is 6.07 Å². The van der Waals surface area contributed by atoms with E-state index in [1.165, 1.54) is 5.41 Å². The van der Waals surface area contributed by atoms with Crippen LogP contribution in [-0.4, -0.2) is 8.42 Å². The maximum Gasteiger partial charge on any atom is 0.199 e. The molecule has 1 aliphatic carbocycles. The topological polar surface area (TPSA) is 34.1 Å². The van der Waals surface area contributed by atoms with E-state index in [-0.39, 0.29) is 0 Å². The molecular formula is C12H14O2S. The number of sulfone groups is 1. The molecule has 0 heterocycles. The van der Waals surface area contributed by atoms with E-state index >= 15 is 0 Å². The van der Waals surface area contributed by atoms with Gasteiger partial charge >= 0.3 is 0 Å². The van der Waals surface area contributed by atoms with Gasteiger partial charge in [-0.1, -0.05) is 23.8 Å². The van der Waals surface area contributed by atoms with Gasteiger partial charge in [0.1, 0.15) is 0 Å². The molecule has 1 aromatic rings. The molecule has 0 N–H and O–H groups in total. The average molecular weight is 222 g/mol. The summed E-state index contributed by atoms with van der Waals surface area (Å²) in [6.45, 7) is 0. The molecule has 0 unspecified atom stereocenters. The number of allylic oxidation sites excluding steroid dienone is 1. The molecule has 0 saturated heterocycles. The fourth-order valence-corrected chi connectivity index (χ4v) is 3.19. The largest absolute Gasteiger partial charge is 0.219 e. The van der Waals surface area contributed by atoms with Crippen LogP contribution in [0.25, 0.3) is 0 Å². The third-order valence-electron chi connectivity index (χ3n) is 2.64. The first kappa shape index (κ1) is 10.4. The fourth-order valence-electron chi connectivity index (χ4n) is 1.84. The highest BCUT2D eigenvalue weighted by atomic mass is 32.2. The molecule has 0 atom stereocenters. The molecule has 0 aliphatic heterocycles. The average Bonchev–Trinajstić information content (AvgIpc) is 2.71. The molecule has 3 heteroatoms. The van der Waals surface area contributed by atoms with E-state index in [0.717, 1.165) is 31.3 Å². The normalized spacial score (nSPS) is 16.7. The highest BCUT2D eigenvalue weighted by molar-refractivity contribution is 7.94. The van der Waals surface area contributed by atoms with Crippen LogP contribution in [0.2, 0.25) is 0 Å². The van der Waals surface area contributed by atoms with Crippen LogP contribution < -0.4 is 0 Å². The van der Waals surface area contributed by atoms with Crippen LogP contribution in [0.15, 0.2) is 46.2 Å². The Morgan fingerprint density at radius 3 is 2.20 bits per heavy atom. The summed E-state index contributed by atoms with van der Waals surface area (Å²) in [6, 6.07) is 8.60. The van der Waals surface area contributed by atoms with Gasteiger partial charge in [-0.2, -0.15) is 0 Å². The molecule has 2 nitrogen and oxygen atoms in total. The molecular weight excluding hydrogens is 208 g/mol.